The van der Waals surface area contributed by atoms with Crippen molar-refractivity contribution in [2.45, 2.75) is 26.7 Å². The van der Waals surface area contributed by atoms with Crippen molar-refractivity contribution >= 4 is 23.1 Å². The van der Waals surface area contributed by atoms with E-state index in [0.29, 0.717) is 0 Å². The molecule has 0 bridgehead atoms. The molecule has 0 aliphatic heterocycles. The molecule has 0 saturated heterocycles. The Morgan fingerprint density at radius 2 is 2.12 bits per heavy atom. The summed E-state index contributed by atoms with van der Waals surface area (Å²) in [6, 6.07) is 1.22. The molecule has 1 heterocycles. The molecule has 0 radical (unpaired) electrons. The van der Waals surface area contributed by atoms with Crippen molar-refractivity contribution in [2.75, 3.05) is 0 Å². The maximum atomic E-state index is 11.6. The van der Waals surface area contributed by atoms with Gasteiger partial charge in [-0.15, -0.1) is 0 Å². The molecule has 0 aromatic carbocycles. The fraction of sp³-hybridized carbons (Fsp3) is 0.455. The molecular weight excluding hydrogens is 244 g/mol. The summed E-state index contributed by atoms with van der Waals surface area (Å²) in [5.74, 6) is -0.773. The van der Waals surface area contributed by atoms with E-state index in [1.807, 2.05) is 13.8 Å². The molecule has 1 aromatic rings. The van der Waals surface area contributed by atoms with E-state index in [1.165, 1.54) is 19.2 Å². The highest BCUT2D eigenvalue weighted by molar-refractivity contribution is 6.30. The van der Waals surface area contributed by atoms with Crippen molar-refractivity contribution in [1.29, 1.82) is 0 Å². The van der Waals surface area contributed by atoms with Crippen molar-refractivity contribution < 1.29 is 9.72 Å². The van der Waals surface area contributed by atoms with E-state index < -0.39 is 10.8 Å². The number of rotatable bonds is 4. The maximum absolute atomic E-state index is 11.6. The van der Waals surface area contributed by atoms with Crippen LogP contribution in [0, 0.1) is 16.0 Å². The van der Waals surface area contributed by atoms with E-state index in [0.717, 1.165) is 0 Å². The Kier molecular flexibility index (Phi) is 4.17. The first-order valence-corrected chi connectivity index (χ1v) is 5.52. The fourth-order valence-corrected chi connectivity index (χ4v) is 1.95. The molecule has 0 spiro atoms. The minimum Gasteiger partial charge on any atom is -0.299 e. The van der Waals surface area contributed by atoms with Gasteiger partial charge in [0.25, 0.3) is 5.69 Å². The Labute approximate surface area is 104 Å². The molecule has 1 rings (SSSR count). The number of ketones is 1. The van der Waals surface area contributed by atoms with E-state index in [4.69, 9.17) is 11.6 Å². The number of carbonyl (C=O) groups is 1. The molecule has 1 aromatic heterocycles. The van der Waals surface area contributed by atoms with Crippen LogP contribution >= 0.6 is 11.6 Å². The number of hydrogen-bond donors (Lipinski definition) is 0. The first kappa shape index (κ1) is 13.6. The number of carbonyl (C=O) groups excluding carboxylic acids is 1. The average molecular weight is 257 g/mol. The Balaban J connectivity index is 3.37. The van der Waals surface area contributed by atoms with Gasteiger partial charge in [-0.2, -0.15) is 0 Å². The van der Waals surface area contributed by atoms with Gasteiger partial charge in [-0.05, 0) is 12.8 Å². The standard InChI is InChI=1S/C11H13ClN2O3/c1-6(2)10(7(3)15)11-9(14(16)17)4-8(12)5-13-11/h4-6,10H,1-3H3. The van der Waals surface area contributed by atoms with Crippen LogP contribution in [0.2, 0.25) is 5.02 Å². The molecule has 1 atom stereocenters. The molecule has 0 amide bonds. The number of halogens is 1. The van der Waals surface area contributed by atoms with Gasteiger partial charge < -0.3 is 0 Å². The quantitative estimate of drug-likeness (QED) is 0.613. The minimum atomic E-state index is -0.576. The molecule has 6 heteroatoms. The molecule has 0 fully saturated rings. The number of hydrogen-bond acceptors (Lipinski definition) is 4. The van der Waals surface area contributed by atoms with Gasteiger partial charge in [0.15, 0.2) is 0 Å². The van der Waals surface area contributed by atoms with Crippen LogP contribution in [0.4, 0.5) is 5.69 Å². The molecule has 0 aliphatic rings. The molecule has 5 nitrogen and oxygen atoms in total. The zero-order valence-electron chi connectivity index (χ0n) is 9.81. The van der Waals surface area contributed by atoms with E-state index >= 15 is 0 Å². The monoisotopic (exact) mass is 256 g/mol. The highest BCUT2D eigenvalue weighted by Gasteiger charge is 2.29. The van der Waals surface area contributed by atoms with Crippen LogP contribution in [-0.2, 0) is 4.79 Å². The van der Waals surface area contributed by atoms with Crippen LogP contribution in [0.3, 0.4) is 0 Å². The van der Waals surface area contributed by atoms with Gasteiger partial charge in [0.1, 0.15) is 11.5 Å². The van der Waals surface area contributed by atoms with Crippen molar-refractivity contribution in [1.82, 2.24) is 4.98 Å². The molecule has 1 unspecified atom stereocenters. The Morgan fingerprint density at radius 1 is 1.53 bits per heavy atom. The lowest BCUT2D eigenvalue weighted by Crippen LogP contribution is -2.18. The van der Waals surface area contributed by atoms with Crippen molar-refractivity contribution in [2.24, 2.45) is 5.92 Å². The number of nitro groups is 1. The largest absolute Gasteiger partial charge is 0.299 e. The van der Waals surface area contributed by atoms with Gasteiger partial charge in [-0.3, -0.25) is 19.9 Å². The van der Waals surface area contributed by atoms with Gasteiger partial charge in [0.2, 0.25) is 0 Å². The second-order valence-electron chi connectivity index (χ2n) is 4.15. The van der Waals surface area contributed by atoms with E-state index in [1.54, 1.807) is 0 Å². The predicted molar refractivity (Wildman–Crippen MR) is 64.2 cm³/mol. The van der Waals surface area contributed by atoms with E-state index in [9.17, 15) is 14.9 Å². The highest BCUT2D eigenvalue weighted by atomic mass is 35.5. The summed E-state index contributed by atoms with van der Waals surface area (Å²) in [7, 11) is 0. The van der Waals surface area contributed by atoms with Crippen molar-refractivity contribution in [3.63, 3.8) is 0 Å². The Hall–Kier alpha value is -1.49. The Bertz CT molecular complexity index is 460. The predicted octanol–water partition coefficient (Wildman–Crippen LogP) is 2.97. The molecule has 17 heavy (non-hydrogen) atoms. The average Bonchev–Trinajstić information content (AvgIpc) is 2.19. The highest BCUT2D eigenvalue weighted by Crippen LogP contribution is 2.32. The lowest BCUT2D eigenvalue weighted by molar-refractivity contribution is -0.386. The molecule has 0 aliphatic carbocycles. The van der Waals surface area contributed by atoms with Crippen molar-refractivity contribution in [3.8, 4) is 0 Å². The SMILES string of the molecule is CC(=O)C(c1ncc(Cl)cc1[N+](=O)[O-])C(C)C. The van der Waals surface area contributed by atoms with E-state index in [-0.39, 0.29) is 28.1 Å². The summed E-state index contributed by atoms with van der Waals surface area (Å²) < 4.78 is 0. The topological polar surface area (TPSA) is 73.1 Å². The third-order valence-corrected chi connectivity index (χ3v) is 2.67. The second-order valence-corrected chi connectivity index (χ2v) is 4.58. The second kappa shape index (κ2) is 5.23. The number of Topliss-reactive ketones (excluding diaryl/α,β-unsaturated/α-hetero) is 1. The van der Waals surface area contributed by atoms with Crippen LogP contribution in [0.25, 0.3) is 0 Å². The van der Waals surface area contributed by atoms with Crippen LogP contribution in [-0.4, -0.2) is 15.7 Å². The van der Waals surface area contributed by atoms with Crippen LogP contribution in [0.5, 0.6) is 0 Å². The minimum absolute atomic E-state index is 0.0557. The summed E-state index contributed by atoms with van der Waals surface area (Å²) >= 11 is 5.67. The van der Waals surface area contributed by atoms with Crippen LogP contribution in [0.15, 0.2) is 12.3 Å². The van der Waals surface area contributed by atoms with Gasteiger partial charge in [-0.25, -0.2) is 0 Å². The van der Waals surface area contributed by atoms with Gasteiger partial charge >= 0.3 is 0 Å². The maximum Gasteiger partial charge on any atom is 0.292 e. The normalized spacial score (nSPS) is 12.5. The van der Waals surface area contributed by atoms with Crippen LogP contribution < -0.4 is 0 Å². The zero-order chi connectivity index (χ0) is 13.2. The first-order chi connectivity index (χ1) is 7.84. The number of pyridine rings is 1. The lowest BCUT2D eigenvalue weighted by atomic mass is 9.88. The summed E-state index contributed by atoms with van der Waals surface area (Å²) in [6.45, 7) is 5.06. The summed E-state index contributed by atoms with van der Waals surface area (Å²) in [5, 5.41) is 11.1. The lowest BCUT2D eigenvalue weighted by Gasteiger charge is -2.16. The van der Waals surface area contributed by atoms with Gasteiger partial charge in [-0.1, -0.05) is 25.4 Å². The summed E-state index contributed by atoms with van der Waals surface area (Å²) in [4.78, 5) is 25.9. The molecule has 0 N–H and O–H groups in total. The van der Waals surface area contributed by atoms with Crippen LogP contribution in [0.1, 0.15) is 32.4 Å². The summed E-state index contributed by atoms with van der Waals surface area (Å²) in [6.07, 6.45) is 1.32. The molecule has 0 saturated carbocycles. The van der Waals surface area contributed by atoms with Crippen molar-refractivity contribution in [3.05, 3.63) is 33.1 Å². The molecular formula is C11H13ClN2O3. The zero-order valence-corrected chi connectivity index (χ0v) is 10.6. The fourth-order valence-electron chi connectivity index (χ4n) is 1.80. The smallest absolute Gasteiger partial charge is 0.292 e. The first-order valence-electron chi connectivity index (χ1n) is 5.15. The summed E-state index contributed by atoms with van der Waals surface area (Å²) in [5.41, 5.74) is -0.0201. The number of aromatic nitrogens is 1. The third-order valence-electron chi connectivity index (χ3n) is 2.46. The van der Waals surface area contributed by atoms with Gasteiger partial charge in [0.05, 0.1) is 15.9 Å². The third kappa shape index (κ3) is 3.00. The Morgan fingerprint density at radius 3 is 2.53 bits per heavy atom. The van der Waals surface area contributed by atoms with Gasteiger partial charge in [0, 0.05) is 12.3 Å². The van der Waals surface area contributed by atoms with E-state index in [2.05, 4.69) is 4.98 Å². The molecule has 92 valence electrons. The number of nitrogens with zero attached hydrogens (tertiary/aromatic N) is 2.